The summed E-state index contributed by atoms with van der Waals surface area (Å²) in [5.74, 6) is 0.188. The van der Waals surface area contributed by atoms with Gasteiger partial charge in [0.25, 0.3) is 0 Å². The van der Waals surface area contributed by atoms with Gasteiger partial charge < -0.3 is 10.1 Å². The number of fused-ring (bicyclic) bond motifs is 1. The van der Waals surface area contributed by atoms with Gasteiger partial charge in [0.2, 0.25) is 0 Å². The number of piperazine rings is 1. The molecule has 4 aromatic rings. The number of hydrogen-bond acceptors (Lipinski definition) is 6. The molecule has 38 heavy (non-hydrogen) atoms. The number of aryl methyl sites for hydroxylation is 1. The van der Waals surface area contributed by atoms with Crippen LogP contribution in [0.5, 0.6) is 5.75 Å². The highest BCUT2D eigenvalue weighted by Crippen LogP contribution is 2.36. The zero-order valence-corrected chi connectivity index (χ0v) is 21.2. The highest BCUT2D eigenvalue weighted by atomic mass is 19.4. The largest absolute Gasteiger partial charge is 0.492 e. The van der Waals surface area contributed by atoms with Crippen LogP contribution in [-0.2, 0) is 12.7 Å². The molecule has 5 rings (SSSR count). The highest BCUT2D eigenvalue weighted by molar-refractivity contribution is 5.93. The standard InChI is InChI=1S/C29H30F3N5O/c1-21-15-28(26-6-2-3-7-27(26)34-21)35-24-16-23(29(30,31)32)17-25(18-24)38-14-13-36-9-11-37(12-10-36)20-22-5-4-8-33-19-22/h2-8,15-19H,9-14,20H2,1H3,(H,34,35). The molecule has 198 valence electrons. The first-order valence-corrected chi connectivity index (χ1v) is 12.7. The van der Waals surface area contributed by atoms with Gasteiger partial charge in [0, 0.05) is 80.2 Å². The lowest BCUT2D eigenvalue weighted by Gasteiger charge is -2.34. The smallest absolute Gasteiger partial charge is 0.416 e. The summed E-state index contributed by atoms with van der Waals surface area (Å²) < 4.78 is 46.9. The average Bonchev–Trinajstić information content (AvgIpc) is 2.90. The Hall–Kier alpha value is -3.69. The van der Waals surface area contributed by atoms with Crippen molar-refractivity contribution in [1.82, 2.24) is 19.8 Å². The zero-order chi connectivity index (χ0) is 26.5. The first-order valence-electron chi connectivity index (χ1n) is 12.7. The van der Waals surface area contributed by atoms with Gasteiger partial charge in [-0.25, -0.2) is 0 Å². The molecule has 6 nitrogen and oxygen atoms in total. The number of ether oxygens (including phenoxy) is 1. The number of nitrogens with one attached hydrogen (secondary N) is 1. The molecule has 1 saturated heterocycles. The Kier molecular flexibility index (Phi) is 7.76. The van der Waals surface area contributed by atoms with E-state index in [2.05, 4.69) is 31.2 Å². The monoisotopic (exact) mass is 521 g/mol. The molecule has 0 bridgehead atoms. The van der Waals surface area contributed by atoms with Crippen molar-refractivity contribution in [3.63, 3.8) is 0 Å². The van der Waals surface area contributed by atoms with Gasteiger partial charge in [-0.1, -0.05) is 24.3 Å². The van der Waals surface area contributed by atoms with Crippen molar-refractivity contribution in [3.05, 3.63) is 89.9 Å². The number of hydrogen-bond donors (Lipinski definition) is 1. The number of alkyl halides is 3. The second kappa shape index (κ2) is 11.4. The highest BCUT2D eigenvalue weighted by Gasteiger charge is 2.31. The molecule has 9 heteroatoms. The number of pyridine rings is 2. The minimum absolute atomic E-state index is 0.188. The maximum Gasteiger partial charge on any atom is 0.416 e. The van der Waals surface area contributed by atoms with E-state index in [0.29, 0.717) is 24.5 Å². The van der Waals surface area contributed by atoms with Gasteiger partial charge in [-0.3, -0.25) is 19.8 Å². The summed E-state index contributed by atoms with van der Waals surface area (Å²) in [6.07, 6.45) is -0.833. The van der Waals surface area contributed by atoms with Gasteiger partial charge >= 0.3 is 6.18 Å². The van der Waals surface area contributed by atoms with Gasteiger partial charge in [0.05, 0.1) is 11.1 Å². The molecule has 1 N–H and O–H groups in total. The predicted octanol–water partition coefficient (Wildman–Crippen LogP) is 5.90. The van der Waals surface area contributed by atoms with E-state index in [1.54, 1.807) is 12.3 Å². The topological polar surface area (TPSA) is 53.5 Å². The normalized spacial score (nSPS) is 15.1. The molecule has 0 spiro atoms. The molecular formula is C29H30F3N5O. The number of halogens is 3. The van der Waals surface area contributed by atoms with E-state index >= 15 is 0 Å². The number of nitrogens with zero attached hydrogens (tertiary/aromatic N) is 4. The Bertz CT molecular complexity index is 1370. The van der Waals surface area contributed by atoms with E-state index in [0.717, 1.165) is 61.5 Å². The molecule has 0 saturated carbocycles. The number of anilines is 2. The Morgan fingerprint density at radius 1 is 0.947 bits per heavy atom. The first kappa shape index (κ1) is 25.9. The summed E-state index contributed by atoms with van der Waals surface area (Å²) in [6, 6.07) is 17.2. The van der Waals surface area contributed by atoms with Crippen LogP contribution >= 0.6 is 0 Å². The van der Waals surface area contributed by atoms with E-state index in [-0.39, 0.29) is 5.75 Å². The number of rotatable bonds is 8. The molecule has 0 unspecified atom stereocenters. The average molecular weight is 522 g/mol. The lowest BCUT2D eigenvalue weighted by Crippen LogP contribution is -2.47. The maximum atomic E-state index is 13.7. The van der Waals surface area contributed by atoms with E-state index in [4.69, 9.17) is 4.74 Å². The van der Waals surface area contributed by atoms with Gasteiger partial charge in [-0.15, -0.1) is 0 Å². The van der Waals surface area contributed by atoms with E-state index in [9.17, 15) is 13.2 Å². The third kappa shape index (κ3) is 6.59. The molecule has 0 aliphatic carbocycles. The minimum Gasteiger partial charge on any atom is -0.492 e. The van der Waals surface area contributed by atoms with Crippen molar-refractivity contribution in [2.24, 2.45) is 0 Å². The fourth-order valence-corrected chi connectivity index (χ4v) is 4.70. The molecule has 1 aliphatic heterocycles. The summed E-state index contributed by atoms with van der Waals surface area (Å²) in [5.41, 5.74) is 3.00. The molecule has 3 heterocycles. The van der Waals surface area contributed by atoms with Gasteiger partial charge in [-0.2, -0.15) is 13.2 Å². The molecule has 0 radical (unpaired) electrons. The number of para-hydroxylation sites is 1. The van der Waals surface area contributed by atoms with Crippen molar-refractivity contribution in [2.45, 2.75) is 19.6 Å². The van der Waals surface area contributed by atoms with Gasteiger partial charge in [-0.05, 0) is 42.8 Å². The molecule has 1 aliphatic rings. The van der Waals surface area contributed by atoms with Crippen LogP contribution < -0.4 is 10.1 Å². The van der Waals surface area contributed by atoms with Crippen LogP contribution in [0.3, 0.4) is 0 Å². The summed E-state index contributed by atoms with van der Waals surface area (Å²) in [6.45, 7) is 7.29. The van der Waals surface area contributed by atoms with Crippen molar-refractivity contribution < 1.29 is 17.9 Å². The minimum atomic E-state index is -4.49. The van der Waals surface area contributed by atoms with Crippen LogP contribution in [0.25, 0.3) is 10.9 Å². The molecule has 2 aromatic heterocycles. The predicted molar refractivity (Wildman–Crippen MR) is 143 cm³/mol. The van der Waals surface area contributed by atoms with Gasteiger partial charge in [0.15, 0.2) is 0 Å². The summed E-state index contributed by atoms with van der Waals surface area (Å²) in [7, 11) is 0. The summed E-state index contributed by atoms with van der Waals surface area (Å²) in [5, 5.41) is 4.00. The Morgan fingerprint density at radius 3 is 2.50 bits per heavy atom. The lowest BCUT2D eigenvalue weighted by atomic mass is 10.1. The molecule has 2 aromatic carbocycles. The fraction of sp³-hybridized carbons (Fsp3) is 0.310. The zero-order valence-electron chi connectivity index (χ0n) is 21.2. The second-order valence-corrected chi connectivity index (χ2v) is 9.52. The van der Waals surface area contributed by atoms with Crippen molar-refractivity contribution >= 4 is 22.3 Å². The van der Waals surface area contributed by atoms with Crippen molar-refractivity contribution in [2.75, 3.05) is 44.6 Å². The number of aromatic nitrogens is 2. The van der Waals surface area contributed by atoms with Crippen LogP contribution in [0, 0.1) is 6.92 Å². The van der Waals surface area contributed by atoms with E-state index in [1.165, 1.54) is 5.56 Å². The SMILES string of the molecule is Cc1cc(Nc2cc(OCCN3CCN(Cc4cccnc4)CC3)cc(C(F)(F)F)c2)c2ccccc2n1. The van der Waals surface area contributed by atoms with E-state index in [1.807, 2.05) is 49.5 Å². The van der Waals surface area contributed by atoms with Crippen LogP contribution in [0.4, 0.5) is 24.5 Å². The van der Waals surface area contributed by atoms with Crippen LogP contribution in [0.2, 0.25) is 0 Å². The molecule has 0 atom stereocenters. The van der Waals surface area contributed by atoms with Crippen LogP contribution in [0.1, 0.15) is 16.8 Å². The van der Waals surface area contributed by atoms with E-state index < -0.39 is 11.7 Å². The third-order valence-corrected chi connectivity index (χ3v) is 6.63. The fourth-order valence-electron chi connectivity index (χ4n) is 4.70. The molecular weight excluding hydrogens is 491 g/mol. The van der Waals surface area contributed by atoms with Gasteiger partial charge in [0.1, 0.15) is 12.4 Å². The third-order valence-electron chi connectivity index (χ3n) is 6.63. The quantitative estimate of drug-likeness (QED) is 0.312. The van der Waals surface area contributed by atoms with Crippen LogP contribution in [-0.4, -0.2) is 59.1 Å². The number of benzene rings is 2. The Balaban J connectivity index is 1.22. The van der Waals surface area contributed by atoms with Crippen molar-refractivity contribution in [3.8, 4) is 5.75 Å². The lowest BCUT2D eigenvalue weighted by molar-refractivity contribution is -0.137. The Morgan fingerprint density at radius 2 is 1.74 bits per heavy atom. The Labute approximate surface area is 220 Å². The summed E-state index contributed by atoms with van der Waals surface area (Å²) in [4.78, 5) is 13.3. The maximum absolute atomic E-state index is 13.7. The molecule has 0 amide bonds. The summed E-state index contributed by atoms with van der Waals surface area (Å²) >= 11 is 0. The molecule has 1 fully saturated rings. The van der Waals surface area contributed by atoms with Crippen molar-refractivity contribution in [1.29, 1.82) is 0 Å². The van der Waals surface area contributed by atoms with Crippen LogP contribution in [0.15, 0.2) is 73.1 Å². The second-order valence-electron chi connectivity index (χ2n) is 9.52. The first-order chi connectivity index (χ1) is 18.3.